The van der Waals surface area contributed by atoms with E-state index in [0.717, 1.165) is 0 Å². The zero-order chi connectivity index (χ0) is 8.72. The molecule has 0 aliphatic carbocycles. The molecule has 3 nitrogen and oxygen atoms in total. The molecule has 0 atom stereocenters. The summed E-state index contributed by atoms with van der Waals surface area (Å²) in [7, 11) is 0. The fourth-order valence-electron chi connectivity index (χ4n) is 1.36. The second kappa shape index (κ2) is 2.42. The van der Waals surface area contributed by atoms with Crippen LogP contribution in [0.4, 0.5) is 0 Å². The molecule has 2 heterocycles. The zero-order valence-corrected chi connectivity index (χ0v) is 7.47. The summed E-state index contributed by atoms with van der Waals surface area (Å²) in [5, 5.41) is 0.586. The first-order chi connectivity index (χ1) is 5.75. The summed E-state index contributed by atoms with van der Waals surface area (Å²) in [6, 6.07) is 3.61. The number of carbonyl (C=O) groups excluding carboxylic acids is 1. The van der Waals surface area contributed by atoms with Crippen molar-refractivity contribution in [3.63, 3.8) is 0 Å². The summed E-state index contributed by atoms with van der Waals surface area (Å²) in [5.74, 6) is 0.00694. The molecule has 0 N–H and O–H groups in total. The van der Waals surface area contributed by atoms with Crippen LogP contribution < -0.4 is 0 Å². The van der Waals surface area contributed by atoms with Crippen LogP contribution in [-0.4, -0.2) is 27.0 Å². The number of fused-ring (bicyclic) bond motifs is 1. The largest absolute Gasteiger partial charge is 0.289 e. The van der Waals surface area contributed by atoms with Crippen LogP contribution in [0.25, 0.3) is 0 Å². The minimum Gasteiger partial charge on any atom is -0.289 e. The number of rotatable bonds is 1. The van der Waals surface area contributed by atoms with Crippen molar-refractivity contribution in [1.82, 2.24) is 9.47 Å². The van der Waals surface area contributed by atoms with Gasteiger partial charge in [0.25, 0.3) is 5.91 Å². The Morgan fingerprint density at radius 1 is 1.58 bits per heavy atom. The average molecular weight is 180 g/mol. The topological polar surface area (TPSA) is 25.2 Å². The van der Waals surface area contributed by atoms with Gasteiger partial charge in [0.15, 0.2) is 5.11 Å². The van der Waals surface area contributed by atoms with E-state index in [0.29, 0.717) is 17.4 Å². The van der Waals surface area contributed by atoms with Crippen LogP contribution in [0.15, 0.2) is 18.3 Å². The van der Waals surface area contributed by atoms with Crippen molar-refractivity contribution in [1.29, 1.82) is 0 Å². The Labute approximate surface area is 75.6 Å². The summed E-state index contributed by atoms with van der Waals surface area (Å²) < 4.78 is 1.74. The smallest absolute Gasteiger partial charge is 0.277 e. The van der Waals surface area contributed by atoms with Crippen LogP contribution in [0.3, 0.4) is 0 Å². The summed E-state index contributed by atoms with van der Waals surface area (Å²) in [4.78, 5) is 13.1. The van der Waals surface area contributed by atoms with Gasteiger partial charge in [-0.3, -0.25) is 14.3 Å². The third-order valence-electron chi connectivity index (χ3n) is 1.97. The number of amides is 1. The maximum Gasteiger partial charge on any atom is 0.277 e. The van der Waals surface area contributed by atoms with Crippen molar-refractivity contribution in [2.24, 2.45) is 0 Å². The normalized spacial score (nSPS) is 15.6. The predicted octanol–water partition coefficient (Wildman–Crippen LogP) is 1.10. The van der Waals surface area contributed by atoms with E-state index < -0.39 is 0 Å². The monoisotopic (exact) mass is 180 g/mol. The number of hydrogen-bond donors (Lipinski definition) is 0. The number of nitrogens with zero attached hydrogens (tertiary/aromatic N) is 2. The van der Waals surface area contributed by atoms with Gasteiger partial charge in [0.05, 0.1) is 0 Å². The van der Waals surface area contributed by atoms with Crippen molar-refractivity contribution >= 4 is 23.2 Å². The highest BCUT2D eigenvalue weighted by Crippen LogP contribution is 2.16. The standard InChI is InChI=1S/C8H8N2OS/c1-2-9-7(11)6-4-3-5-10(6)8(9)12/h3-5H,2H2,1H3. The van der Waals surface area contributed by atoms with Gasteiger partial charge in [0.2, 0.25) is 0 Å². The second-order valence-corrected chi connectivity index (χ2v) is 2.96. The molecule has 4 heteroatoms. The highest BCUT2D eigenvalue weighted by molar-refractivity contribution is 7.80. The van der Waals surface area contributed by atoms with E-state index >= 15 is 0 Å². The van der Waals surface area contributed by atoms with E-state index in [1.807, 2.05) is 19.2 Å². The maximum atomic E-state index is 11.5. The molecule has 1 aromatic rings. The van der Waals surface area contributed by atoms with Gasteiger partial charge in [0.1, 0.15) is 5.69 Å². The molecule has 1 amide bonds. The lowest BCUT2D eigenvalue weighted by Crippen LogP contribution is -2.30. The molecule has 0 unspecified atom stereocenters. The summed E-state index contributed by atoms with van der Waals surface area (Å²) >= 11 is 5.09. The lowest BCUT2D eigenvalue weighted by molar-refractivity contribution is 0.0866. The van der Waals surface area contributed by atoms with Gasteiger partial charge < -0.3 is 0 Å². The van der Waals surface area contributed by atoms with E-state index in [-0.39, 0.29) is 5.91 Å². The highest BCUT2D eigenvalue weighted by Gasteiger charge is 2.30. The number of aromatic nitrogens is 1. The zero-order valence-electron chi connectivity index (χ0n) is 6.65. The maximum absolute atomic E-state index is 11.5. The Morgan fingerprint density at radius 3 is 2.92 bits per heavy atom. The molecule has 0 spiro atoms. The minimum absolute atomic E-state index is 0.00694. The van der Waals surface area contributed by atoms with Gasteiger partial charge in [-0.25, -0.2) is 0 Å². The van der Waals surface area contributed by atoms with Crippen LogP contribution in [-0.2, 0) is 0 Å². The van der Waals surface area contributed by atoms with Gasteiger partial charge in [0, 0.05) is 12.7 Å². The lowest BCUT2D eigenvalue weighted by Gasteiger charge is -2.11. The molecule has 0 saturated carbocycles. The van der Waals surface area contributed by atoms with E-state index in [1.54, 1.807) is 15.5 Å². The molecule has 0 aromatic carbocycles. The fourth-order valence-corrected chi connectivity index (χ4v) is 1.73. The average Bonchev–Trinajstić information content (AvgIpc) is 2.58. The van der Waals surface area contributed by atoms with Crippen molar-refractivity contribution < 1.29 is 4.79 Å². The Bertz CT molecular complexity index is 325. The number of carbonyl (C=O) groups is 1. The number of thiocarbonyl (C=S) groups is 1. The molecule has 0 bridgehead atoms. The van der Waals surface area contributed by atoms with Gasteiger partial charge >= 0.3 is 0 Å². The van der Waals surface area contributed by atoms with Gasteiger partial charge in [-0.2, -0.15) is 0 Å². The van der Waals surface area contributed by atoms with E-state index in [1.165, 1.54) is 0 Å². The third-order valence-corrected chi connectivity index (χ3v) is 2.38. The lowest BCUT2D eigenvalue weighted by atomic mass is 10.4. The molecule has 2 rings (SSSR count). The minimum atomic E-state index is 0.00694. The molecular weight excluding hydrogens is 172 g/mol. The van der Waals surface area contributed by atoms with Crippen molar-refractivity contribution in [3.8, 4) is 0 Å². The second-order valence-electron chi connectivity index (χ2n) is 2.60. The molecule has 1 aliphatic heterocycles. The first-order valence-electron chi connectivity index (χ1n) is 3.79. The van der Waals surface area contributed by atoms with Crippen molar-refractivity contribution in [2.75, 3.05) is 6.54 Å². The Morgan fingerprint density at radius 2 is 2.33 bits per heavy atom. The molecular formula is C8H8N2OS. The van der Waals surface area contributed by atoms with Crippen molar-refractivity contribution in [3.05, 3.63) is 24.0 Å². The Balaban J connectivity index is 2.53. The summed E-state index contributed by atoms with van der Waals surface area (Å²) in [6.45, 7) is 2.55. The summed E-state index contributed by atoms with van der Waals surface area (Å²) in [6.07, 6.45) is 1.81. The molecule has 1 aliphatic rings. The first-order valence-corrected chi connectivity index (χ1v) is 4.20. The van der Waals surface area contributed by atoms with E-state index in [4.69, 9.17) is 12.2 Å². The molecule has 12 heavy (non-hydrogen) atoms. The van der Waals surface area contributed by atoms with Crippen LogP contribution in [0.2, 0.25) is 0 Å². The quantitative estimate of drug-likeness (QED) is 0.605. The number of hydrogen-bond acceptors (Lipinski definition) is 2. The molecule has 0 saturated heterocycles. The highest BCUT2D eigenvalue weighted by atomic mass is 32.1. The van der Waals surface area contributed by atoms with Gasteiger partial charge in [-0.05, 0) is 31.3 Å². The third kappa shape index (κ3) is 0.754. The van der Waals surface area contributed by atoms with Crippen LogP contribution in [0, 0.1) is 0 Å². The van der Waals surface area contributed by atoms with E-state index in [9.17, 15) is 4.79 Å². The summed E-state index contributed by atoms with van der Waals surface area (Å²) in [5.41, 5.74) is 0.668. The van der Waals surface area contributed by atoms with Gasteiger partial charge in [-0.1, -0.05) is 0 Å². The molecule has 1 aromatic heterocycles. The Kier molecular flexibility index (Phi) is 1.51. The molecule has 0 fully saturated rings. The Hall–Kier alpha value is -1.16. The SMILES string of the molecule is CCN1C(=O)c2cccn2C1=S. The molecule has 0 radical (unpaired) electrons. The molecule has 62 valence electrons. The first kappa shape index (κ1) is 7.49. The van der Waals surface area contributed by atoms with Crippen LogP contribution in [0.5, 0.6) is 0 Å². The van der Waals surface area contributed by atoms with Crippen molar-refractivity contribution in [2.45, 2.75) is 6.92 Å². The van der Waals surface area contributed by atoms with Crippen LogP contribution in [0.1, 0.15) is 17.4 Å². The fraction of sp³-hybridized carbons (Fsp3) is 0.250. The predicted molar refractivity (Wildman–Crippen MR) is 49.1 cm³/mol. The van der Waals surface area contributed by atoms with E-state index in [2.05, 4.69) is 0 Å². The van der Waals surface area contributed by atoms with Crippen LogP contribution >= 0.6 is 12.2 Å². The van der Waals surface area contributed by atoms with Gasteiger partial charge in [-0.15, -0.1) is 0 Å².